The summed E-state index contributed by atoms with van der Waals surface area (Å²) in [5.74, 6) is -0.122. The van der Waals surface area contributed by atoms with Crippen LogP contribution in [0, 0.1) is 10.1 Å². The fourth-order valence-electron chi connectivity index (χ4n) is 1.45. The Hall–Kier alpha value is -1.91. The second-order valence-electron chi connectivity index (χ2n) is 3.75. The lowest BCUT2D eigenvalue weighted by Crippen LogP contribution is -2.25. The number of carbonyl (C=O) groups excluding carboxylic acids is 1. The predicted octanol–water partition coefficient (Wildman–Crippen LogP) is 1.40. The Kier molecular flexibility index (Phi) is 5.71. The zero-order valence-electron chi connectivity index (χ0n) is 9.59. The Balaban J connectivity index is 2.10. The Bertz CT molecular complexity index is 365. The predicted molar refractivity (Wildman–Crippen MR) is 64.3 cm³/mol. The molecule has 0 aliphatic carbocycles. The van der Waals surface area contributed by atoms with Gasteiger partial charge < -0.3 is 5.32 Å². The molecule has 0 saturated heterocycles. The number of hydrogen-bond acceptors (Lipinski definition) is 3. The first kappa shape index (κ1) is 13.2. The lowest BCUT2D eigenvalue weighted by Gasteiger charge is -2.04. The maximum absolute atomic E-state index is 11.3. The molecule has 0 aromatic heterocycles. The highest BCUT2D eigenvalue weighted by Gasteiger charge is 2.03. The minimum atomic E-state index is -0.406. The van der Waals surface area contributed by atoms with E-state index in [-0.39, 0.29) is 18.9 Å². The van der Waals surface area contributed by atoms with Gasteiger partial charge in [-0.25, -0.2) is 0 Å². The first-order valence-corrected chi connectivity index (χ1v) is 5.61. The average molecular weight is 236 g/mol. The molecule has 0 heterocycles. The molecule has 0 atom stereocenters. The summed E-state index contributed by atoms with van der Waals surface area (Å²) in [5.41, 5.74) is 1.16. The van der Waals surface area contributed by atoms with Crippen LogP contribution < -0.4 is 5.32 Å². The van der Waals surface area contributed by atoms with Crippen LogP contribution in [0.15, 0.2) is 30.3 Å². The highest BCUT2D eigenvalue weighted by molar-refractivity contribution is 5.75. The van der Waals surface area contributed by atoms with E-state index in [0.717, 1.165) is 12.0 Å². The van der Waals surface area contributed by atoms with Crippen LogP contribution in [0.25, 0.3) is 0 Å². The molecule has 0 unspecified atom stereocenters. The van der Waals surface area contributed by atoms with Crippen LogP contribution in [0.5, 0.6) is 0 Å². The number of nitro groups is 1. The van der Waals surface area contributed by atoms with Crippen molar-refractivity contribution in [1.82, 2.24) is 5.32 Å². The first-order chi connectivity index (χ1) is 8.18. The van der Waals surface area contributed by atoms with E-state index in [4.69, 9.17) is 0 Å². The van der Waals surface area contributed by atoms with Gasteiger partial charge >= 0.3 is 0 Å². The van der Waals surface area contributed by atoms with Gasteiger partial charge in [-0.1, -0.05) is 30.3 Å². The number of hydrogen-bond donors (Lipinski definition) is 1. The summed E-state index contributed by atoms with van der Waals surface area (Å²) >= 11 is 0. The van der Waals surface area contributed by atoms with Crippen molar-refractivity contribution >= 4 is 5.91 Å². The van der Waals surface area contributed by atoms with E-state index in [0.29, 0.717) is 13.0 Å². The fraction of sp³-hybridized carbons (Fsp3) is 0.417. The zero-order chi connectivity index (χ0) is 12.5. The number of nitrogens with zero attached hydrogens (tertiary/aromatic N) is 1. The summed E-state index contributed by atoms with van der Waals surface area (Å²) in [7, 11) is 0. The van der Waals surface area contributed by atoms with E-state index in [1.54, 1.807) is 0 Å². The van der Waals surface area contributed by atoms with E-state index in [2.05, 4.69) is 5.32 Å². The fourth-order valence-corrected chi connectivity index (χ4v) is 1.45. The largest absolute Gasteiger partial charge is 0.356 e. The van der Waals surface area contributed by atoms with Crippen molar-refractivity contribution in [2.24, 2.45) is 0 Å². The third-order valence-electron chi connectivity index (χ3n) is 2.32. The molecule has 0 spiro atoms. The third-order valence-corrected chi connectivity index (χ3v) is 2.32. The maximum Gasteiger partial charge on any atom is 0.220 e. The van der Waals surface area contributed by atoms with Gasteiger partial charge in [0.05, 0.1) is 0 Å². The van der Waals surface area contributed by atoms with E-state index in [9.17, 15) is 14.9 Å². The van der Waals surface area contributed by atoms with Crippen LogP contribution in [0.2, 0.25) is 0 Å². The minimum absolute atomic E-state index is 0.122. The van der Waals surface area contributed by atoms with Gasteiger partial charge in [0.2, 0.25) is 12.5 Å². The molecule has 1 aromatic rings. The summed E-state index contributed by atoms with van der Waals surface area (Å²) < 4.78 is 0. The van der Waals surface area contributed by atoms with Crippen molar-refractivity contribution in [1.29, 1.82) is 0 Å². The highest BCUT2D eigenvalue weighted by atomic mass is 16.6. The van der Waals surface area contributed by atoms with Crippen LogP contribution >= 0.6 is 0 Å². The summed E-state index contributed by atoms with van der Waals surface area (Å²) in [5, 5.41) is 12.8. The molecule has 1 N–H and O–H groups in total. The van der Waals surface area contributed by atoms with Crippen molar-refractivity contribution in [2.75, 3.05) is 13.1 Å². The molecule has 0 bridgehead atoms. The SMILES string of the molecule is O=C(CCC[N+](=O)[O-])NCCc1ccccc1. The molecule has 0 fully saturated rings. The first-order valence-electron chi connectivity index (χ1n) is 5.61. The standard InChI is InChI=1S/C12H16N2O3/c15-12(7-4-10-14(16)17)13-9-8-11-5-2-1-3-6-11/h1-3,5-6H,4,7-10H2,(H,13,15). The molecule has 17 heavy (non-hydrogen) atoms. The molecule has 5 heteroatoms. The minimum Gasteiger partial charge on any atom is -0.356 e. The van der Waals surface area contributed by atoms with Crippen LogP contribution in [0.1, 0.15) is 18.4 Å². The van der Waals surface area contributed by atoms with E-state index in [1.807, 2.05) is 30.3 Å². The Morgan fingerprint density at radius 1 is 1.29 bits per heavy atom. The van der Waals surface area contributed by atoms with Crippen LogP contribution in [-0.2, 0) is 11.2 Å². The molecule has 0 aliphatic heterocycles. The molecule has 5 nitrogen and oxygen atoms in total. The number of nitrogens with one attached hydrogen (secondary N) is 1. The van der Waals surface area contributed by atoms with Gasteiger partial charge in [-0.2, -0.15) is 0 Å². The Morgan fingerprint density at radius 2 is 2.00 bits per heavy atom. The van der Waals surface area contributed by atoms with Gasteiger partial charge in [0.25, 0.3) is 0 Å². The van der Waals surface area contributed by atoms with Gasteiger partial charge in [0, 0.05) is 24.3 Å². The smallest absolute Gasteiger partial charge is 0.220 e. The lowest BCUT2D eigenvalue weighted by atomic mass is 10.1. The third kappa shape index (κ3) is 6.29. The molecular formula is C12H16N2O3. The number of amides is 1. The number of rotatable bonds is 7. The van der Waals surface area contributed by atoms with Crippen LogP contribution in [-0.4, -0.2) is 23.9 Å². The second-order valence-corrected chi connectivity index (χ2v) is 3.75. The monoisotopic (exact) mass is 236 g/mol. The van der Waals surface area contributed by atoms with Gasteiger partial charge in [0.1, 0.15) is 0 Å². The van der Waals surface area contributed by atoms with Crippen molar-refractivity contribution in [3.63, 3.8) is 0 Å². The van der Waals surface area contributed by atoms with E-state index >= 15 is 0 Å². The average Bonchev–Trinajstić information content (AvgIpc) is 2.30. The lowest BCUT2D eigenvalue weighted by molar-refractivity contribution is -0.480. The molecular weight excluding hydrogens is 220 g/mol. The van der Waals surface area contributed by atoms with E-state index < -0.39 is 4.92 Å². The van der Waals surface area contributed by atoms with Crippen molar-refractivity contribution in [2.45, 2.75) is 19.3 Å². The van der Waals surface area contributed by atoms with Gasteiger partial charge in [0.15, 0.2) is 0 Å². The van der Waals surface area contributed by atoms with Gasteiger partial charge in [-0.05, 0) is 12.0 Å². The Morgan fingerprint density at radius 3 is 2.65 bits per heavy atom. The van der Waals surface area contributed by atoms with Gasteiger partial charge in [-0.15, -0.1) is 0 Å². The normalized spacial score (nSPS) is 9.88. The molecule has 0 aliphatic rings. The van der Waals surface area contributed by atoms with Crippen LogP contribution in [0.4, 0.5) is 0 Å². The summed E-state index contributed by atoms with van der Waals surface area (Å²) in [6.07, 6.45) is 1.29. The van der Waals surface area contributed by atoms with Crippen molar-refractivity contribution in [3.8, 4) is 0 Å². The van der Waals surface area contributed by atoms with Crippen molar-refractivity contribution < 1.29 is 9.72 Å². The second kappa shape index (κ2) is 7.38. The highest BCUT2D eigenvalue weighted by Crippen LogP contribution is 1.98. The zero-order valence-corrected chi connectivity index (χ0v) is 9.59. The van der Waals surface area contributed by atoms with Crippen molar-refractivity contribution in [3.05, 3.63) is 46.0 Å². The number of benzene rings is 1. The van der Waals surface area contributed by atoms with Gasteiger partial charge in [-0.3, -0.25) is 14.9 Å². The molecule has 0 saturated carbocycles. The maximum atomic E-state index is 11.3. The summed E-state index contributed by atoms with van der Waals surface area (Å²) in [6, 6.07) is 9.85. The molecule has 92 valence electrons. The molecule has 1 amide bonds. The molecule has 1 aromatic carbocycles. The van der Waals surface area contributed by atoms with Crippen LogP contribution in [0.3, 0.4) is 0 Å². The number of carbonyl (C=O) groups is 1. The summed E-state index contributed by atoms with van der Waals surface area (Å²) in [4.78, 5) is 20.9. The van der Waals surface area contributed by atoms with E-state index in [1.165, 1.54) is 0 Å². The summed E-state index contributed by atoms with van der Waals surface area (Å²) in [6.45, 7) is 0.424. The Labute approximate surface area is 100.0 Å². The topological polar surface area (TPSA) is 72.2 Å². The molecule has 0 radical (unpaired) electrons. The quantitative estimate of drug-likeness (QED) is 0.574. The molecule has 1 rings (SSSR count).